The van der Waals surface area contributed by atoms with Crippen LogP contribution in [-0.2, 0) is 4.74 Å². The van der Waals surface area contributed by atoms with Gasteiger partial charge >= 0.3 is 11.9 Å². The molecule has 5 nitrogen and oxygen atoms in total. The molecule has 5 heteroatoms. The molecule has 104 valence electrons. The Morgan fingerprint density at radius 3 is 2.42 bits per heavy atom. The van der Waals surface area contributed by atoms with Gasteiger partial charge in [-0.15, -0.1) is 0 Å². The Kier molecular flexibility index (Phi) is 6.02. The number of unbranched alkanes of at least 4 members (excludes halogenated alkanes) is 1. The van der Waals surface area contributed by atoms with Crippen molar-refractivity contribution in [3.05, 3.63) is 35.4 Å². The zero-order valence-electron chi connectivity index (χ0n) is 10.8. The molecule has 0 bridgehead atoms. The highest BCUT2D eigenvalue weighted by molar-refractivity contribution is 6.02. The molecule has 19 heavy (non-hydrogen) atoms. The first-order chi connectivity index (χ1) is 9.02. The van der Waals surface area contributed by atoms with Crippen molar-refractivity contribution in [2.24, 2.45) is 0 Å². The molecule has 0 aliphatic rings. The quantitative estimate of drug-likeness (QED) is 0.583. The number of carbonyl (C=O) groups is 2. The van der Waals surface area contributed by atoms with Crippen LogP contribution in [0.25, 0.3) is 0 Å². The van der Waals surface area contributed by atoms with Gasteiger partial charge in [0, 0.05) is 0 Å². The van der Waals surface area contributed by atoms with Crippen molar-refractivity contribution < 1.29 is 24.5 Å². The lowest BCUT2D eigenvalue weighted by molar-refractivity contribution is 0.0484. The van der Waals surface area contributed by atoms with Crippen LogP contribution in [0.1, 0.15) is 46.9 Å². The average Bonchev–Trinajstić information content (AvgIpc) is 2.37. The normalized spacial score (nSPS) is 11.9. The summed E-state index contributed by atoms with van der Waals surface area (Å²) in [6.07, 6.45) is 1.70. The summed E-state index contributed by atoms with van der Waals surface area (Å²) in [5, 5.41) is 18.0. The molecule has 2 N–H and O–H groups in total. The van der Waals surface area contributed by atoms with Gasteiger partial charge in [-0.25, -0.2) is 9.59 Å². The third kappa shape index (κ3) is 5.09. The maximum absolute atomic E-state index is 11.7. The van der Waals surface area contributed by atoms with E-state index in [0.717, 1.165) is 6.42 Å². The van der Waals surface area contributed by atoms with Gasteiger partial charge in [-0.1, -0.05) is 12.1 Å². The number of aliphatic hydroxyl groups is 1. The predicted octanol–water partition coefficient (Wildman–Crippen LogP) is 2.09. The first kappa shape index (κ1) is 15.2. The van der Waals surface area contributed by atoms with E-state index in [0.29, 0.717) is 12.8 Å². The van der Waals surface area contributed by atoms with E-state index in [1.54, 1.807) is 19.1 Å². The number of hydrogen-bond donors (Lipinski definition) is 2. The standard InChI is InChI=1S/C14H18O5/c1-10(15)6-4-5-9-19-14(18)12-8-3-2-7-11(12)13(16)17/h2-3,7-8,10,15H,4-6,9H2,1H3,(H,16,17). The summed E-state index contributed by atoms with van der Waals surface area (Å²) in [5.41, 5.74) is 0.00186. The lowest BCUT2D eigenvalue weighted by Crippen LogP contribution is -2.12. The fourth-order valence-corrected chi connectivity index (χ4v) is 1.63. The van der Waals surface area contributed by atoms with Gasteiger partial charge in [0.2, 0.25) is 0 Å². The van der Waals surface area contributed by atoms with E-state index >= 15 is 0 Å². The highest BCUT2D eigenvalue weighted by Gasteiger charge is 2.16. The number of carbonyl (C=O) groups excluding carboxylic acids is 1. The van der Waals surface area contributed by atoms with Gasteiger partial charge < -0.3 is 14.9 Å². The summed E-state index contributed by atoms with van der Waals surface area (Å²) >= 11 is 0. The molecule has 0 spiro atoms. The molecule has 1 aromatic carbocycles. The molecule has 1 atom stereocenters. The highest BCUT2D eigenvalue weighted by Crippen LogP contribution is 2.11. The smallest absolute Gasteiger partial charge is 0.339 e. The zero-order chi connectivity index (χ0) is 14.3. The van der Waals surface area contributed by atoms with Crippen LogP contribution in [0.3, 0.4) is 0 Å². The van der Waals surface area contributed by atoms with E-state index in [1.807, 2.05) is 0 Å². The van der Waals surface area contributed by atoms with Crippen LogP contribution >= 0.6 is 0 Å². The minimum Gasteiger partial charge on any atom is -0.478 e. The predicted molar refractivity (Wildman–Crippen MR) is 69.2 cm³/mol. The molecule has 0 radical (unpaired) electrons. The van der Waals surface area contributed by atoms with E-state index in [1.165, 1.54) is 12.1 Å². The van der Waals surface area contributed by atoms with Gasteiger partial charge in [0.1, 0.15) is 0 Å². The number of aliphatic hydroxyl groups excluding tert-OH is 1. The molecular weight excluding hydrogens is 248 g/mol. The van der Waals surface area contributed by atoms with Crippen LogP contribution in [0.2, 0.25) is 0 Å². The maximum Gasteiger partial charge on any atom is 0.339 e. The summed E-state index contributed by atoms with van der Waals surface area (Å²) in [6.45, 7) is 1.93. The molecule has 0 heterocycles. The number of esters is 1. The largest absolute Gasteiger partial charge is 0.478 e. The highest BCUT2D eigenvalue weighted by atomic mass is 16.5. The van der Waals surface area contributed by atoms with Crippen LogP contribution in [0.15, 0.2) is 24.3 Å². The topological polar surface area (TPSA) is 83.8 Å². The van der Waals surface area contributed by atoms with Crippen molar-refractivity contribution >= 4 is 11.9 Å². The van der Waals surface area contributed by atoms with E-state index in [4.69, 9.17) is 14.9 Å². The number of hydrogen-bond acceptors (Lipinski definition) is 4. The first-order valence-electron chi connectivity index (χ1n) is 6.20. The summed E-state index contributed by atoms with van der Waals surface area (Å²) in [4.78, 5) is 22.7. The lowest BCUT2D eigenvalue weighted by Gasteiger charge is -2.07. The third-order valence-electron chi connectivity index (χ3n) is 2.63. The second kappa shape index (κ2) is 7.53. The van der Waals surface area contributed by atoms with Gasteiger partial charge in [-0.05, 0) is 38.3 Å². The van der Waals surface area contributed by atoms with E-state index in [2.05, 4.69) is 0 Å². The number of ether oxygens (including phenoxy) is 1. The van der Waals surface area contributed by atoms with Crippen molar-refractivity contribution in [3.8, 4) is 0 Å². The van der Waals surface area contributed by atoms with Crippen LogP contribution in [-0.4, -0.2) is 34.9 Å². The Hall–Kier alpha value is -1.88. The van der Waals surface area contributed by atoms with Crippen molar-refractivity contribution in [1.82, 2.24) is 0 Å². The monoisotopic (exact) mass is 266 g/mol. The SMILES string of the molecule is CC(O)CCCCOC(=O)c1ccccc1C(=O)O. The van der Waals surface area contributed by atoms with Gasteiger partial charge in [-0.2, -0.15) is 0 Å². The zero-order valence-corrected chi connectivity index (χ0v) is 10.8. The average molecular weight is 266 g/mol. The fraction of sp³-hybridized carbons (Fsp3) is 0.429. The van der Waals surface area contributed by atoms with Crippen molar-refractivity contribution in [1.29, 1.82) is 0 Å². The van der Waals surface area contributed by atoms with Crippen molar-refractivity contribution in [2.45, 2.75) is 32.3 Å². The number of benzene rings is 1. The first-order valence-corrected chi connectivity index (χ1v) is 6.20. The number of carboxylic acids is 1. The molecule has 0 aliphatic heterocycles. The van der Waals surface area contributed by atoms with Crippen molar-refractivity contribution in [2.75, 3.05) is 6.61 Å². The molecular formula is C14H18O5. The Labute approximate surface area is 111 Å². The second-order valence-electron chi connectivity index (χ2n) is 4.33. The van der Waals surface area contributed by atoms with Crippen LogP contribution in [0, 0.1) is 0 Å². The molecule has 0 fully saturated rings. The molecule has 1 aromatic rings. The van der Waals surface area contributed by atoms with Gasteiger partial charge in [0.15, 0.2) is 0 Å². The molecule has 0 saturated heterocycles. The summed E-state index contributed by atoms with van der Waals surface area (Å²) < 4.78 is 5.02. The summed E-state index contributed by atoms with van der Waals surface area (Å²) in [5.74, 6) is -1.78. The van der Waals surface area contributed by atoms with Crippen LogP contribution < -0.4 is 0 Å². The Morgan fingerprint density at radius 2 is 1.84 bits per heavy atom. The molecule has 0 aliphatic carbocycles. The minimum atomic E-state index is -1.15. The molecule has 0 aromatic heterocycles. The van der Waals surface area contributed by atoms with E-state index in [9.17, 15) is 9.59 Å². The van der Waals surface area contributed by atoms with Gasteiger partial charge in [0.05, 0.1) is 23.8 Å². The Bertz CT molecular complexity index is 439. The molecule has 0 saturated carbocycles. The fourth-order valence-electron chi connectivity index (χ4n) is 1.63. The second-order valence-corrected chi connectivity index (χ2v) is 4.33. The van der Waals surface area contributed by atoms with Gasteiger partial charge in [0.25, 0.3) is 0 Å². The number of aromatic carboxylic acids is 1. The maximum atomic E-state index is 11.7. The molecule has 1 rings (SSSR count). The third-order valence-corrected chi connectivity index (χ3v) is 2.63. The number of carboxylic acid groups (broad SMARTS) is 1. The van der Waals surface area contributed by atoms with E-state index in [-0.39, 0.29) is 23.8 Å². The molecule has 0 amide bonds. The van der Waals surface area contributed by atoms with Crippen LogP contribution in [0.5, 0.6) is 0 Å². The Balaban J connectivity index is 2.48. The summed E-state index contributed by atoms with van der Waals surface area (Å²) in [6, 6.07) is 5.95. The van der Waals surface area contributed by atoms with Gasteiger partial charge in [-0.3, -0.25) is 0 Å². The van der Waals surface area contributed by atoms with Crippen LogP contribution in [0.4, 0.5) is 0 Å². The number of rotatable bonds is 7. The molecule has 1 unspecified atom stereocenters. The van der Waals surface area contributed by atoms with E-state index < -0.39 is 11.9 Å². The van der Waals surface area contributed by atoms with Crippen molar-refractivity contribution in [3.63, 3.8) is 0 Å². The summed E-state index contributed by atoms with van der Waals surface area (Å²) in [7, 11) is 0. The lowest BCUT2D eigenvalue weighted by atomic mass is 10.1. The minimum absolute atomic E-state index is 0.0588. The Morgan fingerprint density at radius 1 is 1.21 bits per heavy atom.